The first kappa shape index (κ1) is 21.9. The van der Waals surface area contributed by atoms with E-state index in [1.165, 1.54) is 0 Å². The zero-order valence-electron chi connectivity index (χ0n) is 19.6. The van der Waals surface area contributed by atoms with Gasteiger partial charge in [0.25, 0.3) is 0 Å². The van der Waals surface area contributed by atoms with E-state index in [4.69, 9.17) is 14.2 Å². The number of Topliss-reactive ketones (excluding diaryl/α,β-unsaturated/α-hetero) is 1. The highest BCUT2D eigenvalue weighted by Gasteiger charge is 2.37. The smallest absolute Gasteiger partial charge is 0.166 e. The maximum Gasteiger partial charge on any atom is 0.166 e. The zero-order valence-corrected chi connectivity index (χ0v) is 19.6. The minimum Gasteiger partial charge on any atom is -0.497 e. The van der Waals surface area contributed by atoms with Crippen molar-refractivity contribution in [3.05, 3.63) is 89.1 Å². The van der Waals surface area contributed by atoms with E-state index < -0.39 is 0 Å². The Labute approximate surface area is 199 Å². The summed E-state index contributed by atoms with van der Waals surface area (Å²) in [6.07, 6.45) is 1.14. The van der Waals surface area contributed by atoms with Crippen molar-refractivity contribution < 1.29 is 19.0 Å². The van der Waals surface area contributed by atoms with E-state index in [0.29, 0.717) is 24.3 Å². The van der Waals surface area contributed by atoms with Crippen LogP contribution >= 0.6 is 0 Å². The molecule has 1 aliphatic heterocycles. The van der Waals surface area contributed by atoms with Gasteiger partial charge >= 0.3 is 0 Å². The van der Waals surface area contributed by atoms with E-state index in [1.807, 2.05) is 60.7 Å². The van der Waals surface area contributed by atoms with E-state index in [-0.39, 0.29) is 17.7 Å². The molecule has 5 rings (SSSR count). The largest absolute Gasteiger partial charge is 0.497 e. The van der Waals surface area contributed by atoms with Crippen molar-refractivity contribution in [2.75, 3.05) is 32.0 Å². The minimum atomic E-state index is -0.380. The number of rotatable bonds is 5. The van der Waals surface area contributed by atoms with Crippen molar-refractivity contribution in [1.82, 2.24) is 0 Å². The fourth-order valence-electron chi connectivity index (χ4n) is 5.00. The Balaban J connectivity index is 1.64. The predicted molar refractivity (Wildman–Crippen MR) is 133 cm³/mol. The summed E-state index contributed by atoms with van der Waals surface area (Å²) in [4.78, 5) is 13.8. The van der Waals surface area contributed by atoms with Crippen LogP contribution in [0.4, 0.5) is 11.4 Å². The van der Waals surface area contributed by atoms with Crippen molar-refractivity contribution in [2.45, 2.75) is 24.8 Å². The normalized spacial score (nSPS) is 19.2. The molecule has 34 heavy (non-hydrogen) atoms. The number of allylic oxidation sites excluding steroid dienone is 1. The SMILES string of the molecule is COc1cccc([C@H]2CC(=O)C3=C(C2)Nc2ccccc2N[C@@H]3c2cccc(OC)c2OC)c1. The van der Waals surface area contributed by atoms with Crippen molar-refractivity contribution in [1.29, 1.82) is 0 Å². The number of fused-ring (bicyclic) bond motifs is 1. The second-order valence-electron chi connectivity index (χ2n) is 8.53. The number of para-hydroxylation sites is 3. The van der Waals surface area contributed by atoms with Gasteiger partial charge in [-0.15, -0.1) is 0 Å². The summed E-state index contributed by atoms with van der Waals surface area (Å²) in [5.41, 5.74) is 5.50. The van der Waals surface area contributed by atoms with Crippen LogP contribution in [0.1, 0.15) is 35.9 Å². The third-order valence-corrected chi connectivity index (χ3v) is 6.62. The molecule has 0 amide bonds. The van der Waals surface area contributed by atoms with Gasteiger partial charge in [-0.05, 0) is 48.2 Å². The molecule has 1 heterocycles. The lowest BCUT2D eigenvalue weighted by Gasteiger charge is -2.30. The van der Waals surface area contributed by atoms with Gasteiger partial charge in [0, 0.05) is 23.3 Å². The summed E-state index contributed by atoms with van der Waals surface area (Å²) in [5, 5.41) is 7.19. The average molecular weight is 457 g/mol. The Kier molecular flexibility index (Phi) is 5.88. The van der Waals surface area contributed by atoms with E-state index >= 15 is 0 Å². The second-order valence-corrected chi connectivity index (χ2v) is 8.53. The molecule has 0 radical (unpaired) electrons. The van der Waals surface area contributed by atoms with Gasteiger partial charge in [-0.3, -0.25) is 4.79 Å². The molecule has 3 aromatic carbocycles. The molecule has 0 bridgehead atoms. The molecule has 6 heteroatoms. The molecule has 0 fully saturated rings. The number of methoxy groups -OCH3 is 3. The molecule has 1 aliphatic carbocycles. The molecular formula is C28H28N2O4. The van der Waals surface area contributed by atoms with Crippen LogP contribution in [0.2, 0.25) is 0 Å². The molecule has 6 nitrogen and oxygen atoms in total. The average Bonchev–Trinajstić information content (AvgIpc) is 3.05. The van der Waals surface area contributed by atoms with Gasteiger partial charge in [0.1, 0.15) is 5.75 Å². The number of ether oxygens (including phenoxy) is 3. The predicted octanol–water partition coefficient (Wildman–Crippen LogP) is 5.69. The highest BCUT2D eigenvalue weighted by Crippen LogP contribution is 2.47. The van der Waals surface area contributed by atoms with Crippen LogP contribution in [0.25, 0.3) is 0 Å². The molecule has 2 atom stereocenters. The molecule has 0 saturated heterocycles. The van der Waals surface area contributed by atoms with Crippen LogP contribution in [0, 0.1) is 0 Å². The van der Waals surface area contributed by atoms with Crippen molar-refractivity contribution >= 4 is 17.2 Å². The Morgan fingerprint density at radius 1 is 0.824 bits per heavy atom. The van der Waals surface area contributed by atoms with Crippen LogP contribution in [0.5, 0.6) is 17.2 Å². The van der Waals surface area contributed by atoms with Crippen LogP contribution in [-0.2, 0) is 4.79 Å². The first-order valence-electron chi connectivity index (χ1n) is 11.4. The molecular weight excluding hydrogens is 428 g/mol. The Hall–Kier alpha value is -3.93. The number of anilines is 2. The van der Waals surface area contributed by atoms with Crippen LogP contribution in [0.15, 0.2) is 78.0 Å². The topological polar surface area (TPSA) is 68.8 Å². The van der Waals surface area contributed by atoms with Gasteiger partial charge in [0.05, 0.1) is 38.7 Å². The van der Waals surface area contributed by atoms with Crippen LogP contribution < -0.4 is 24.8 Å². The number of carbonyl (C=O) groups is 1. The number of ketones is 1. The maximum atomic E-state index is 13.8. The van der Waals surface area contributed by atoms with E-state index in [1.54, 1.807) is 21.3 Å². The summed E-state index contributed by atoms with van der Waals surface area (Å²) in [6.45, 7) is 0. The summed E-state index contributed by atoms with van der Waals surface area (Å²) >= 11 is 0. The highest BCUT2D eigenvalue weighted by atomic mass is 16.5. The second kappa shape index (κ2) is 9.14. The zero-order chi connectivity index (χ0) is 23.7. The Morgan fingerprint density at radius 2 is 1.62 bits per heavy atom. The van der Waals surface area contributed by atoms with Gasteiger partial charge in [-0.1, -0.05) is 36.4 Å². The van der Waals surface area contributed by atoms with E-state index in [2.05, 4.69) is 16.7 Å². The summed E-state index contributed by atoms with van der Waals surface area (Å²) < 4.78 is 16.7. The Bertz CT molecular complexity index is 1270. The van der Waals surface area contributed by atoms with Gasteiger partial charge in [-0.2, -0.15) is 0 Å². The van der Waals surface area contributed by atoms with Gasteiger partial charge in [0.15, 0.2) is 17.3 Å². The maximum absolute atomic E-state index is 13.8. The van der Waals surface area contributed by atoms with Gasteiger partial charge in [-0.25, -0.2) is 0 Å². The van der Waals surface area contributed by atoms with Crippen molar-refractivity contribution in [2.24, 2.45) is 0 Å². The third kappa shape index (κ3) is 3.85. The lowest BCUT2D eigenvalue weighted by molar-refractivity contribution is -0.116. The highest BCUT2D eigenvalue weighted by molar-refractivity contribution is 6.01. The number of hydrogen-bond acceptors (Lipinski definition) is 6. The lowest BCUT2D eigenvalue weighted by atomic mass is 9.78. The fraction of sp³-hybridized carbons (Fsp3) is 0.250. The lowest BCUT2D eigenvalue weighted by Crippen LogP contribution is -2.27. The van der Waals surface area contributed by atoms with E-state index in [0.717, 1.165) is 39.5 Å². The molecule has 2 N–H and O–H groups in total. The molecule has 174 valence electrons. The van der Waals surface area contributed by atoms with E-state index in [9.17, 15) is 4.79 Å². The number of nitrogens with one attached hydrogen (secondary N) is 2. The van der Waals surface area contributed by atoms with Crippen LogP contribution in [-0.4, -0.2) is 27.1 Å². The number of hydrogen-bond donors (Lipinski definition) is 2. The summed E-state index contributed by atoms with van der Waals surface area (Å²) in [5.74, 6) is 2.22. The molecule has 0 aromatic heterocycles. The first-order chi connectivity index (χ1) is 16.6. The summed E-state index contributed by atoms with van der Waals surface area (Å²) in [6, 6.07) is 21.4. The van der Waals surface area contributed by atoms with Crippen molar-refractivity contribution in [3.8, 4) is 17.2 Å². The molecule has 3 aromatic rings. The van der Waals surface area contributed by atoms with Crippen LogP contribution in [0.3, 0.4) is 0 Å². The fourth-order valence-corrected chi connectivity index (χ4v) is 5.00. The minimum absolute atomic E-state index is 0.0620. The molecule has 2 aliphatic rings. The number of benzene rings is 3. The van der Waals surface area contributed by atoms with Gasteiger partial charge in [0.2, 0.25) is 0 Å². The first-order valence-corrected chi connectivity index (χ1v) is 11.4. The van der Waals surface area contributed by atoms with Gasteiger partial charge < -0.3 is 24.8 Å². The Morgan fingerprint density at radius 3 is 2.38 bits per heavy atom. The standard InChI is InChI=1S/C28H28N2O4/c1-32-19-9-6-8-17(14-19)18-15-23-26(24(31)16-18)27(30-22-12-5-4-11-21(22)29-23)20-10-7-13-25(33-2)28(20)34-3/h4-14,18,27,29-30H,15-16H2,1-3H3/t18-,27-/m1/s1. The molecule has 0 unspecified atom stereocenters. The molecule has 0 spiro atoms. The number of carbonyl (C=O) groups excluding carboxylic acids is 1. The summed E-state index contributed by atoms with van der Waals surface area (Å²) in [7, 11) is 4.91. The van der Waals surface area contributed by atoms with Crippen molar-refractivity contribution in [3.63, 3.8) is 0 Å². The third-order valence-electron chi connectivity index (χ3n) is 6.62. The quantitative estimate of drug-likeness (QED) is 0.514. The molecule has 0 saturated carbocycles. The monoisotopic (exact) mass is 456 g/mol.